The third-order valence-electron chi connectivity index (χ3n) is 1.74. The summed E-state index contributed by atoms with van der Waals surface area (Å²) in [7, 11) is 1.60. The van der Waals surface area contributed by atoms with Gasteiger partial charge in [-0.15, -0.1) is 0 Å². The summed E-state index contributed by atoms with van der Waals surface area (Å²) in [5, 5.41) is 9.13. The monoisotopic (exact) mass is 141 g/mol. The van der Waals surface area contributed by atoms with Gasteiger partial charge in [-0.2, -0.15) is 0 Å². The van der Waals surface area contributed by atoms with E-state index >= 15 is 0 Å². The minimum absolute atomic E-state index is 0.0845. The SMILES string of the molecule is CC1=CCC(O)N(C)C1=O. The van der Waals surface area contributed by atoms with Gasteiger partial charge in [-0.3, -0.25) is 4.79 Å². The summed E-state index contributed by atoms with van der Waals surface area (Å²) in [6.07, 6.45) is 1.68. The molecule has 1 amide bonds. The maximum absolute atomic E-state index is 11.0. The molecule has 0 fully saturated rings. The van der Waals surface area contributed by atoms with Gasteiger partial charge < -0.3 is 10.0 Å². The van der Waals surface area contributed by atoms with Crippen LogP contribution in [-0.2, 0) is 4.79 Å². The molecule has 1 rings (SSSR count). The molecule has 0 aliphatic carbocycles. The summed E-state index contributed by atoms with van der Waals surface area (Å²) in [5.41, 5.74) is 0.716. The first kappa shape index (κ1) is 7.28. The molecule has 0 aromatic rings. The van der Waals surface area contributed by atoms with Gasteiger partial charge in [-0.05, 0) is 6.92 Å². The molecule has 0 aromatic heterocycles. The van der Waals surface area contributed by atoms with Crippen molar-refractivity contribution in [2.75, 3.05) is 7.05 Å². The van der Waals surface area contributed by atoms with Gasteiger partial charge in [0.05, 0.1) is 0 Å². The first-order chi connectivity index (χ1) is 4.63. The van der Waals surface area contributed by atoms with Crippen LogP contribution >= 0.6 is 0 Å². The van der Waals surface area contributed by atoms with Crippen molar-refractivity contribution in [3.8, 4) is 0 Å². The molecule has 1 aliphatic heterocycles. The Morgan fingerprint density at radius 3 is 2.90 bits per heavy atom. The summed E-state index contributed by atoms with van der Waals surface area (Å²) < 4.78 is 0. The second-order valence-corrected chi connectivity index (χ2v) is 2.52. The van der Waals surface area contributed by atoms with Gasteiger partial charge in [0, 0.05) is 19.0 Å². The van der Waals surface area contributed by atoms with Crippen LogP contribution < -0.4 is 0 Å². The molecule has 1 unspecified atom stereocenters. The lowest BCUT2D eigenvalue weighted by Gasteiger charge is -2.26. The van der Waals surface area contributed by atoms with Crippen molar-refractivity contribution in [2.45, 2.75) is 19.6 Å². The smallest absolute Gasteiger partial charge is 0.250 e. The molecular weight excluding hydrogens is 130 g/mol. The number of hydrogen-bond donors (Lipinski definition) is 1. The van der Waals surface area contributed by atoms with Gasteiger partial charge in [-0.1, -0.05) is 6.08 Å². The molecule has 0 saturated heterocycles. The van der Waals surface area contributed by atoms with E-state index in [9.17, 15) is 4.79 Å². The minimum Gasteiger partial charge on any atom is -0.373 e. The predicted octanol–water partition coefficient (Wildman–Crippen LogP) is 0.113. The Balaban J connectivity index is 2.81. The zero-order chi connectivity index (χ0) is 7.72. The van der Waals surface area contributed by atoms with E-state index in [1.807, 2.05) is 0 Å². The van der Waals surface area contributed by atoms with Crippen LogP contribution in [0.25, 0.3) is 0 Å². The largest absolute Gasteiger partial charge is 0.373 e. The van der Waals surface area contributed by atoms with Crippen LogP contribution in [0.1, 0.15) is 13.3 Å². The molecule has 1 atom stereocenters. The third-order valence-corrected chi connectivity index (χ3v) is 1.74. The fourth-order valence-electron chi connectivity index (χ4n) is 0.941. The molecule has 1 aliphatic rings. The fraction of sp³-hybridized carbons (Fsp3) is 0.571. The normalized spacial score (nSPS) is 26.7. The molecule has 56 valence electrons. The molecule has 0 bridgehead atoms. The molecule has 0 aromatic carbocycles. The number of rotatable bonds is 0. The highest BCUT2D eigenvalue weighted by Gasteiger charge is 2.21. The maximum Gasteiger partial charge on any atom is 0.250 e. The first-order valence-corrected chi connectivity index (χ1v) is 3.25. The molecule has 1 N–H and O–H groups in total. The number of nitrogens with zero attached hydrogens (tertiary/aromatic N) is 1. The van der Waals surface area contributed by atoms with E-state index in [2.05, 4.69) is 0 Å². The van der Waals surface area contributed by atoms with Crippen LogP contribution in [0.5, 0.6) is 0 Å². The van der Waals surface area contributed by atoms with Crippen molar-refractivity contribution in [3.63, 3.8) is 0 Å². The fourth-order valence-corrected chi connectivity index (χ4v) is 0.941. The average molecular weight is 141 g/mol. The van der Waals surface area contributed by atoms with Crippen molar-refractivity contribution >= 4 is 5.91 Å². The summed E-state index contributed by atoms with van der Waals surface area (Å²) in [6.45, 7) is 1.75. The maximum atomic E-state index is 11.0. The number of aliphatic hydroxyl groups excluding tert-OH is 1. The van der Waals surface area contributed by atoms with E-state index in [0.29, 0.717) is 12.0 Å². The van der Waals surface area contributed by atoms with Crippen LogP contribution in [0, 0.1) is 0 Å². The molecule has 0 spiro atoms. The van der Waals surface area contributed by atoms with Crippen LogP contribution in [-0.4, -0.2) is 29.2 Å². The number of aliphatic hydroxyl groups is 1. The van der Waals surface area contributed by atoms with E-state index < -0.39 is 6.23 Å². The van der Waals surface area contributed by atoms with Gasteiger partial charge >= 0.3 is 0 Å². The number of amides is 1. The number of likely N-dealkylation sites (N-methyl/N-ethyl adjacent to an activating group) is 1. The average Bonchev–Trinajstić information content (AvgIpc) is 1.93. The van der Waals surface area contributed by atoms with E-state index in [4.69, 9.17) is 5.11 Å². The van der Waals surface area contributed by atoms with Crippen LogP contribution in [0.4, 0.5) is 0 Å². The third kappa shape index (κ3) is 1.04. The Morgan fingerprint density at radius 2 is 2.40 bits per heavy atom. The van der Waals surface area contributed by atoms with Crippen molar-refractivity contribution in [2.24, 2.45) is 0 Å². The van der Waals surface area contributed by atoms with Gasteiger partial charge in [0.2, 0.25) is 0 Å². The van der Waals surface area contributed by atoms with E-state index in [0.717, 1.165) is 0 Å². The highest BCUT2D eigenvalue weighted by Crippen LogP contribution is 2.12. The van der Waals surface area contributed by atoms with E-state index in [1.165, 1.54) is 4.90 Å². The second-order valence-electron chi connectivity index (χ2n) is 2.52. The van der Waals surface area contributed by atoms with E-state index in [1.54, 1.807) is 20.0 Å². The Morgan fingerprint density at radius 1 is 1.80 bits per heavy atom. The van der Waals surface area contributed by atoms with Crippen LogP contribution in [0.2, 0.25) is 0 Å². The van der Waals surface area contributed by atoms with Crippen LogP contribution in [0.15, 0.2) is 11.6 Å². The van der Waals surface area contributed by atoms with Gasteiger partial charge in [-0.25, -0.2) is 0 Å². The Bertz CT molecular complexity index is 186. The zero-order valence-electron chi connectivity index (χ0n) is 6.16. The Kier molecular flexibility index (Phi) is 1.76. The topological polar surface area (TPSA) is 40.5 Å². The second kappa shape index (κ2) is 2.42. The lowest BCUT2D eigenvalue weighted by atomic mass is 10.1. The highest BCUT2D eigenvalue weighted by molar-refractivity contribution is 5.93. The van der Waals surface area contributed by atoms with Crippen molar-refractivity contribution in [1.82, 2.24) is 4.90 Å². The number of carbonyl (C=O) groups is 1. The summed E-state index contributed by atoms with van der Waals surface area (Å²) in [6, 6.07) is 0. The zero-order valence-corrected chi connectivity index (χ0v) is 6.16. The lowest BCUT2D eigenvalue weighted by Crippen LogP contribution is -2.39. The molecular formula is C7H11NO2. The molecule has 1 heterocycles. The summed E-state index contributed by atoms with van der Waals surface area (Å²) in [5.74, 6) is -0.0845. The summed E-state index contributed by atoms with van der Waals surface area (Å²) >= 11 is 0. The van der Waals surface area contributed by atoms with Gasteiger partial charge in [0.15, 0.2) is 0 Å². The van der Waals surface area contributed by atoms with Crippen molar-refractivity contribution < 1.29 is 9.90 Å². The Hall–Kier alpha value is -0.830. The van der Waals surface area contributed by atoms with Crippen molar-refractivity contribution in [1.29, 1.82) is 0 Å². The number of hydrogen-bond acceptors (Lipinski definition) is 2. The van der Waals surface area contributed by atoms with Crippen molar-refractivity contribution in [3.05, 3.63) is 11.6 Å². The lowest BCUT2D eigenvalue weighted by molar-refractivity contribution is -0.135. The highest BCUT2D eigenvalue weighted by atomic mass is 16.3. The predicted molar refractivity (Wildman–Crippen MR) is 37.2 cm³/mol. The molecule has 3 heteroatoms. The Labute approximate surface area is 59.9 Å². The van der Waals surface area contributed by atoms with Gasteiger partial charge in [0.1, 0.15) is 6.23 Å². The quantitative estimate of drug-likeness (QED) is 0.520. The number of carbonyl (C=O) groups excluding carboxylic acids is 1. The summed E-state index contributed by atoms with van der Waals surface area (Å²) in [4.78, 5) is 12.4. The molecule has 0 radical (unpaired) electrons. The van der Waals surface area contributed by atoms with E-state index in [-0.39, 0.29) is 5.91 Å². The first-order valence-electron chi connectivity index (χ1n) is 3.25. The molecule has 10 heavy (non-hydrogen) atoms. The standard InChI is InChI=1S/C7H11NO2/c1-5-3-4-6(9)8(2)7(5)10/h3,6,9H,4H2,1-2H3. The van der Waals surface area contributed by atoms with Crippen LogP contribution in [0.3, 0.4) is 0 Å². The minimum atomic E-state index is -0.629. The molecule has 3 nitrogen and oxygen atoms in total. The molecule has 0 saturated carbocycles. The van der Waals surface area contributed by atoms with Gasteiger partial charge in [0.25, 0.3) is 5.91 Å².